The molecule has 2 aromatic carbocycles. The van der Waals surface area contributed by atoms with E-state index < -0.39 is 0 Å². The Morgan fingerprint density at radius 3 is 2.70 bits per heavy atom. The first kappa shape index (κ1) is 19.5. The van der Waals surface area contributed by atoms with Crippen molar-refractivity contribution < 1.29 is 9.53 Å². The van der Waals surface area contributed by atoms with Gasteiger partial charge in [-0.1, -0.05) is 77.5 Å². The summed E-state index contributed by atoms with van der Waals surface area (Å²) in [4.78, 5) is 14.6. The molecular formula is C21H18BNO2S2. The zero-order valence-electron chi connectivity index (χ0n) is 15.0. The first-order valence-corrected chi connectivity index (χ1v) is 9.64. The molecule has 1 aliphatic heterocycles. The number of nitrogens with zero attached hydrogens (tertiary/aromatic N) is 1. The van der Waals surface area contributed by atoms with Gasteiger partial charge in [0.05, 0.1) is 4.91 Å². The first-order valence-electron chi connectivity index (χ1n) is 8.42. The van der Waals surface area contributed by atoms with Gasteiger partial charge in [0.15, 0.2) is 0 Å². The Balaban J connectivity index is 1.84. The van der Waals surface area contributed by atoms with Crippen LogP contribution in [0.15, 0.2) is 60.0 Å². The number of carbonyl (C=O) groups is 1. The number of carbonyl (C=O) groups excluding carboxylic acids is 1. The van der Waals surface area contributed by atoms with Crippen molar-refractivity contribution in [2.75, 3.05) is 6.54 Å². The quantitative estimate of drug-likeness (QED) is 0.325. The molecule has 2 radical (unpaired) electrons. The van der Waals surface area contributed by atoms with Crippen LogP contribution >= 0.6 is 24.0 Å². The Hall–Kier alpha value is -2.31. The molecule has 0 saturated carbocycles. The predicted octanol–water partition coefficient (Wildman–Crippen LogP) is 3.76. The van der Waals surface area contributed by atoms with E-state index in [0.29, 0.717) is 33.6 Å². The molecule has 0 aliphatic carbocycles. The number of rotatable bonds is 6. The molecule has 0 atom stereocenters. The standard InChI is InChI=1S/C21H18BNO2S2/c1-3-10-23-20(24)19(27-21(23)26)12-16-11-17(22)8-9-18(16)25-13-15-6-4-14(2)5-7-15/h3-9,11-12H,1,10,13H2,2H3/b19-12-. The molecule has 1 saturated heterocycles. The predicted molar refractivity (Wildman–Crippen MR) is 117 cm³/mol. The number of thiocarbonyl (C=S) groups is 1. The second-order valence-corrected chi connectivity index (χ2v) is 7.83. The molecule has 0 unspecified atom stereocenters. The van der Waals surface area contributed by atoms with Crippen LogP contribution in [-0.2, 0) is 11.4 Å². The highest BCUT2D eigenvalue weighted by Crippen LogP contribution is 2.34. The molecule has 3 nitrogen and oxygen atoms in total. The lowest BCUT2D eigenvalue weighted by molar-refractivity contribution is -0.121. The average Bonchev–Trinajstić information content (AvgIpc) is 2.90. The van der Waals surface area contributed by atoms with Crippen LogP contribution in [0, 0.1) is 6.92 Å². The smallest absolute Gasteiger partial charge is 0.266 e. The Morgan fingerprint density at radius 2 is 2.00 bits per heavy atom. The molecule has 1 aliphatic rings. The van der Waals surface area contributed by atoms with Gasteiger partial charge in [0.2, 0.25) is 0 Å². The van der Waals surface area contributed by atoms with E-state index in [-0.39, 0.29) is 5.91 Å². The summed E-state index contributed by atoms with van der Waals surface area (Å²) in [6, 6.07) is 13.6. The minimum Gasteiger partial charge on any atom is -0.488 e. The maximum Gasteiger partial charge on any atom is 0.266 e. The van der Waals surface area contributed by atoms with Crippen molar-refractivity contribution in [1.29, 1.82) is 0 Å². The van der Waals surface area contributed by atoms with Crippen molar-refractivity contribution in [2.45, 2.75) is 13.5 Å². The molecule has 0 bridgehead atoms. The lowest BCUT2D eigenvalue weighted by Crippen LogP contribution is -2.27. The third kappa shape index (κ3) is 4.70. The monoisotopic (exact) mass is 391 g/mol. The van der Waals surface area contributed by atoms with E-state index in [1.807, 2.05) is 37.3 Å². The summed E-state index contributed by atoms with van der Waals surface area (Å²) in [5.74, 6) is 0.538. The van der Waals surface area contributed by atoms with Gasteiger partial charge < -0.3 is 4.74 Å². The molecule has 2 aromatic rings. The molecule has 1 heterocycles. The molecule has 0 spiro atoms. The highest BCUT2D eigenvalue weighted by molar-refractivity contribution is 8.26. The van der Waals surface area contributed by atoms with E-state index in [1.54, 1.807) is 24.3 Å². The first-order chi connectivity index (χ1) is 13.0. The minimum atomic E-state index is -0.128. The highest BCUT2D eigenvalue weighted by atomic mass is 32.2. The third-order valence-corrected chi connectivity index (χ3v) is 5.40. The van der Waals surface area contributed by atoms with Gasteiger partial charge in [0, 0.05) is 12.1 Å². The van der Waals surface area contributed by atoms with Gasteiger partial charge in [-0.3, -0.25) is 9.69 Å². The molecule has 27 heavy (non-hydrogen) atoms. The van der Waals surface area contributed by atoms with Crippen LogP contribution in [0.3, 0.4) is 0 Å². The molecular weight excluding hydrogens is 373 g/mol. The maximum atomic E-state index is 12.5. The fraction of sp³-hybridized carbons (Fsp3) is 0.143. The van der Waals surface area contributed by atoms with Crippen LogP contribution in [0.25, 0.3) is 6.08 Å². The van der Waals surface area contributed by atoms with Gasteiger partial charge in [-0.2, -0.15) is 0 Å². The average molecular weight is 391 g/mol. The topological polar surface area (TPSA) is 29.5 Å². The molecule has 3 rings (SSSR count). The fourth-order valence-corrected chi connectivity index (χ4v) is 3.85. The molecule has 0 aromatic heterocycles. The molecule has 1 fully saturated rings. The summed E-state index contributed by atoms with van der Waals surface area (Å²) in [5.41, 5.74) is 3.63. The van der Waals surface area contributed by atoms with E-state index in [2.05, 4.69) is 6.58 Å². The number of thioether (sulfide) groups is 1. The molecule has 6 heteroatoms. The van der Waals surface area contributed by atoms with Crippen LogP contribution in [0.5, 0.6) is 5.75 Å². The van der Waals surface area contributed by atoms with E-state index in [0.717, 1.165) is 11.1 Å². The number of benzene rings is 2. The Labute approximate surface area is 170 Å². The fourth-order valence-electron chi connectivity index (χ4n) is 2.58. The van der Waals surface area contributed by atoms with Crippen LogP contribution in [0.4, 0.5) is 0 Å². The zero-order valence-corrected chi connectivity index (χ0v) is 16.6. The summed E-state index contributed by atoms with van der Waals surface area (Å²) in [5, 5.41) is 0. The minimum absolute atomic E-state index is 0.128. The lowest BCUT2D eigenvalue weighted by Gasteiger charge is -2.12. The van der Waals surface area contributed by atoms with Crippen molar-refractivity contribution in [3.8, 4) is 5.75 Å². The number of hydrogen-bond acceptors (Lipinski definition) is 4. The molecule has 1 amide bonds. The summed E-state index contributed by atoms with van der Waals surface area (Å²) in [6.07, 6.45) is 3.44. The normalized spacial score (nSPS) is 15.4. The van der Waals surface area contributed by atoms with Crippen LogP contribution in [-0.4, -0.2) is 29.5 Å². The van der Waals surface area contributed by atoms with Gasteiger partial charge in [-0.05, 0) is 24.6 Å². The van der Waals surface area contributed by atoms with Crippen molar-refractivity contribution in [3.63, 3.8) is 0 Å². The largest absolute Gasteiger partial charge is 0.488 e. The van der Waals surface area contributed by atoms with E-state index in [4.69, 9.17) is 24.8 Å². The molecule has 134 valence electrons. The maximum absolute atomic E-state index is 12.5. The lowest BCUT2D eigenvalue weighted by atomic mass is 9.94. The zero-order chi connectivity index (χ0) is 19.4. The molecule has 0 N–H and O–H groups in total. The van der Waals surface area contributed by atoms with Crippen molar-refractivity contribution in [2.24, 2.45) is 0 Å². The second kappa shape index (κ2) is 8.59. The van der Waals surface area contributed by atoms with E-state index in [9.17, 15) is 4.79 Å². The van der Waals surface area contributed by atoms with Crippen LogP contribution in [0.2, 0.25) is 0 Å². The second-order valence-electron chi connectivity index (χ2n) is 6.15. The van der Waals surface area contributed by atoms with Crippen LogP contribution < -0.4 is 10.2 Å². The third-order valence-electron chi connectivity index (χ3n) is 4.02. The number of amides is 1. The summed E-state index contributed by atoms with van der Waals surface area (Å²) in [7, 11) is 5.94. The Bertz CT molecular complexity index is 922. The Kier molecular flexibility index (Phi) is 6.19. The number of hydrogen-bond donors (Lipinski definition) is 0. The Morgan fingerprint density at radius 1 is 1.26 bits per heavy atom. The van der Waals surface area contributed by atoms with Crippen molar-refractivity contribution >= 4 is 53.6 Å². The van der Waals surface area contributed by atoms with Gasteiger partial charge in [0.1, 0.15) is 24.5 Å². The van der Waals surface area contributed by atoms with E-state index in [1.165, 1.54) is 22.2 Å². The summed E-state index contributed by atoms with van der Waals surface area (Å²) < 4.78 is 6.51. The van der Waals surface area contributed by atoms with Crippen LogP contribution in [0.1, 0.15) is 16.7 Å². The van der Waals surface area contributed by atoms with Gasteiger partial charge in [-0.15, -0.1) is 6.58 Å². The highest BCUT2D eigenvalue weighted by Gasteiger charge is 2.31. The van der Waals surface area contributed by atoms with Crippen molar-refractivity contribution in [3.05, 3.63) is 76.7 Å². The van der Waals surface area contributed by atoms with Gasteiger partial charge in [0.25, 0.3) is 5.91 Å². The van der Waals surface area contributed by atoms with Crippen molar-refractivity contribution in [1.82, 2.24) is 4.90 Å². The van der Waals surface area contributed by atoms with E-state index >= 15 is 0 Å². The summed E-state index contributed by atoms with van der Waals surface area (Å²) >= 11 is 6.56. The SMILES string of the molecule is [B]c1ccc(OCc2ccc(C)cc2)c(/C=C2\SC(=S)N(CC=C)C2=O)c1. The van der Waals surface area contributed by atoms with Gasteiger partial charge >= 0.3 is 0 Å². The summed E-state index contributed by atoms with van der Waals surface area (Å²) in [6.45, 7) is 6.55. The number of ether oxygens (including phenoxy) is 1. The number of aryl methyl sites for hydroxylation is 1. The van der Waals surface area contributed by atoms with Gasteiger partial charge in [-0.25, -0.2) is 0 Å².